The Balaban J connectivity index is 1.77. The number of aryl methyl sites for hydroxylation is 1. The highest BCUT2D eigenvalue weighted by Gasteiger charge is 2.01. The van der Waals surface area contributed by atoms with Crippen LogP contribution < -0.4 is 4.74 Å². The van der Waals surface area contributed by atoms with Gasteiger partial charge < -0.3 is 14.8 Å². The van der Waals surface area contributed by atoms with E-state index in [2.05, 4.69) is 17.1 Å². The smallest absolute Gasteiger partial charge is 0.123 e. The number of hydrogen-bond donors (Lipinski definition) is 2. The fraction of sp³-hybridized carbons (Fsp3) is 0.125. The zero-order valence-corrected chi connectivity index (χ0v) is 10.7. The molecule has 0 atom stereocenters. The molecule has 0 amide bonds. The predicted molar refractivity (Wildman–Crippen MR) is 75.5 cm³/mol. The summed E-state index contributed by atoms with van der Waals surface area (Å²) < 4.78 is 5.71. The molecule has 2 aromatic carbocycles. The van der Waals surface area contributed by atoms with Crippen molar-refractivity contribution in [2.45, 2.75) is 13.5 Å². The Labute approximate surface area is 111 Å². The first-order chi connectivity index (χ1) is 9.20. The standard InChI is InChI=1S/C16H15NO2/c1-11-6-14(18)9-15(7-11)19-10-12-2-3-13-4-5-17-16(13)8-12/h2-9,17-18H,10H2,1H3. The van der Waals surface area contributed by atoms with E-state index in [0.717, 1.165) is 16.6 Å². The van der Waals surface area contributed by atoms with Crippen LogP contribution in [-0.4, -0.2) is 10.1 Å². The van der Waals surface area contributed by atoms with Crippen LogP contribution in [0.2, 0.25) is 0 Å². The van der Waals surface area contributed by atoms with Gasteiger partial charge >= 0.3 is 0 Å². The zero-order valence-electron chi connectivity index (χ0n) is 10.7. The molecule has 0 aliphatic rings. The topological polar surface area (TPSA) is 45.2 Å². The van der Waals surface area contributed by atoms with Gasteiger partial charge in [0.05, 0.1) is 0 Å². The summed E-state index contributed by atoms with van der Waals surface area (Å²) in [5, 5.41) is 10.7. The molecule has 0 aliphatic heterocycles. The summed E-state index contributed by atoms with van der Waals surface area (Å²) in [7, 11) is 0. The van der Waals surface area contributed by atoms with Crippen LogP contribution in [0.5, 0.6) is 11.5 Å². The average molecular weight is 253 g/mol. The van der Waals surface area contributed by atoms with Gasteiger partial charge in [-0.3, -0.25) is 0 Å². The van der Waals surface area contributed by atoms with Crippen LogP contribution >= 0.6 is 0 Å². The maximum Gasteiger partial charge on any atom is 0.123 e. The number of aromatic nitrogens is 1. The molecular weight excluding hydrogens is 238 g/mol. The summed E-state index contributed by atoms with van der Waals surface area (Å²) in [6.45, 7) is 2.41. The number of H-pyrrole nitrogens is 1. The van der Waals surface area contributed by atoms with Crippen molar-refractivity contribution in [3.8, 4) is 11.5 Å². The fourth-order valence-corrected chi connectivity index (χ4v) is 2.16. The third-order valence-corrected chi connectivity index (χ3v) is 3.06. The fourth-order valence-electron chi connectivity index (χ4n) is 2.16. The second-order valence-corrected chi connectivity index (χ2v) is 4.69. The minimum absolute atomic E-state index is 0.231. The summed E-state index contributed by atoms with van der Waals surface area (Å²) in [5.74, 6) is 0.916. The molecule has 0 aliphatic carbocycles. The van der Waals surface area contributed by atoms with Crippen molar-refractivity contribution >= 4 is 10.9 Å². The van der Waals surface area contributed by atoms with E-state index in [1.54, 1.807) is 12.1 Å². The van der Waals surface area contributed by atoms with Crippen molar-refractivity contribution < 1.29 is 9.84 Å². The zero-order chi connectivity index (χ0) is 13.2. The van der Waals surface area contributed by atoms with Crippen LogP contribution in [0.4, 0.5) is 0 Å². The minimum Gasteiger partial charge on any atom is -0.508 e. The third kappa shape index (κ3) is 2.55. The SMILES string of the molecule is Cc1cc(O)cc(OCc2ccc3cc[nH]c3c2)c1. The highest BCUT2D eigenvalue weighted by molar-refractivity contribution is 5.79. The summed E-state index contributed by atoms with van der Waals surface area (Å²) in [6, 6.07) is 13.5. The van der Waals surface area contributed by atoms with E-state index in [9.17, 15) is 5.11 Å². The van der Waals surface area contributed by atoms with E-state index >= 15 is 0 Å². The van der Waals surface area contributed by atoms with Crippen LogP contribution in [0.1, 0.15) is 11.1 Å². The number of aromatic hydroxyl groups is 1. The van der Waals surface area contributed by atoms with E-state index in [4.69, 9.17) is 4.74 Å². The van der Waals surface area contributed by atoms with Crippen molar-refractivity contribution in [1.82, 2.24) is 4.98 Å². The van der Waals surface area contributed by atoms with Crippen molar-refractivity contribution in [1.29, 1.82) is 0 Å². The van der Waals surface area contributed by atoms with Crippen LogP contribution in [0.15, 0.2) is 48.7 Å². The van der Waals surface area contributed by atoms with Crippen LogP contribution in [0.3, 0.4) is 0 Å². The van der Waals surface area contributed by atoms with Gasteiger partial charge in [0, 0.05) is 17.8 Å². The number of nitrogens with one attached hydrogen (secondary N) is 1. The first-order valence-electron chi connectivity index (χ1n) is 6.20. The van der Waals surface area contributed by atoms with Gasteiger partial charge in [0.1, 0.15) is 18.1 Å². The quantitative estimate of drug-likeness (QED) is 0.746. The van der Waals surface area contributed by atoms with Gasteiger partial charge in [0.2, 0.25) is 0 Å². The molecule has 0 saturated heterocycles. The van der Waals surface area contributed by atoms with E-state index in [1.165, 1.54) is 5.39 Å². The van der Waals surface area contributed by atoms with Gasteiger partial charge in [-0.2, -0.15) is 0 Å². The van der Waals surface area contributed by atoms with Gasteiger partial charge in [-0.1, -0.05) is 12.1 Å². The second-order valence-electron chi connectivity index (χ2n) is 4.69. The first-order valence-corrected chi connectivity index (χ1v) is 6.20. The van der Waals surface area contributed by atoms with Crippen molar-refractivity contribution in [2.75, 3.05) is 0 Å². The van der Waals surface area contributed by atoms with Crippen LogP contribution in [0, 0.1) is 6.92 Å². The summed E-state index contributed by atoms with van der Waals surface area (Å²) in [5.41, 5.74) is 3.18. The van der Waals surface area contributed by atoms with Gasteiger partial charge in [0.15, 0.2) is 0 Å². The van der Waals surface area contributed by atoms with Gasteiger partial charge in [0.25, 0.3) is 0 Å². The second kappa shape index (κ2) is 4.69. The average Bonchev–Trinajstić information content (AvgIpc) is 2.82. The van der Waals surface area contributed by atoms with Crippen LogP contribution in [0.25, 0.3) is 10.9 Å². The maximum atomic E-state index is 9.52. The lowest BCUT2D eigenvalue weighted by molar-refractivity contribution is 0.304. The van der Waals surface area contributed by atoms with Gasteiger partial charge in [-0.05, 0) is 47.7 Å². The molecule has 3 aromatic rings. The number of fused-ring (bicyclic) bond motifs is 1. The third-order valence-electron chi connectivity index (χ3n) is 3.06. The number of phenolic OH excluding ortho intramolecular Hbond substituents is 1. The molecule has 3 heteroatoms. The molecule has 1 aromatic heterocycles. The molecule has 0 fully saturated rings. The number of benzene rings is 2. The number of ether oxygens (including phenoxy) is 1. The molecule has 2 N–H and O–H groups in total. The normalized spacial score (nSPS) is 10.8. The van der Waals surface area contributed by atoms with E-state index in [1.807, 2.05) is 31.3 Å². The first kappa shape index (κ1) is 11.7. The van der Waals surface area contributed by atoms with E-state index < -0.39 is 0 Å². The van der Waals surface area contributed by atoms with Gasteiger partial charge in [-0.25, -0.2) is 0 Å². The van der Waals surface area contributed by atoms with Gasteiger partial charge in [-0.15, -0.1) is 0 Å². The molecule has 1 heterocycles. The minimum atomic E-state index is 0.231. The molecule has 0 unspecified atom stereocenters. The lowest BCUT2D eigenvalue weighted by atomic mass is 10.2. The lowest BCUT2D eigenvalue weighted by Crippen LogP contribution is -1.95. The molecule has 3 rings (SSSR count). The lowest BCUT2D eigenvalue weighted by Gasteiger charge is -2.08. The summed E-state index contributed by atoms with van der Waals surface area (Å²) >= 11 is 0. The summed E-state index contributed by atoms with van der Waals surface area (Å²) in [4.78, 5) is 3.18. The van der Waals surface area contributed by atoms with Crippen molar-refractivity contribution in [2.24, 2.45) is 0 Å². The number of rotatable bonds is 3. The Kier molecular flexibility index (Phi) is 2.88. The Morgan fingerprint density at radius 3 is 2.84 bits per heavy atom. The monoisotopic (exact) mass is 253 g/mol. The molecule has 0 radical (unpaired) electrons. The van der Waals surface area contributed by atoms with E-state index in [0.29, 0.717) is 12.4 Å². The summed E-state index contributed by atoms with van der Waals surface area (Å²) in [6.07, 6.45) is 1.92. The Bertz CT molecular complexity index is 695. The highest BCUT2D eigenvalue weighted by Crippen LogP contribution is 2.22. The Morgan fingerprint density at radius 1 is 1.11 bits per heavy atom. The molecule has 0 spiro atoms. The molecular formula is C16H15NO2. The molecule has 0 bridgehead atoms. The Morgan fingerprint density at radius 2 is 2.00 bits per heavy atom. The number of aromatic amines is 1. The Hall–Kier alpha value is -2.42. The molecule has 3 nitrogen and oxygen atoms in total. The van der Waals surface area contributed by atoms with Crippen molar-refractivity contribution in [3.63, 3.8) is 0 Å². The molecule has 19 heavy (non-hydrogen) atoms. The number of phenols is 1. The van der Waals surface area contributed by atoms with Crippen LogP contribution in [-0.2, 0) is 6.61 Å². The predicted octanol–water partition coefficient (Wildman–Crippen LogP) is 3.76. The molecule has 0 saturated carbocycles. The molecule has 96 valence electrons. The highest BCUT2D eigenvalue weighted by atomic mass is 16.5. The largest absolute Gasteiger partial charge is 0.508 e. The van der Waals surface area contributed by atoms with E-state index in [-0.39, 0.29) is 5.75 Å². The van der Waals surface area contributed by atoms with Crippen molar-refractivity contribution in [3.05, 3.63) is 59.8 Å². The maximum absolute atomic E-state index is 9.52. The number of hydrogen-bond acceptors (Lipinski definition) is 2.